The lowest BCUT2D eigenvalue weighted by Crippen LogP contribution is -2.19. The zero-order chi connectivity index (χ0) is 16.4. The smallest absolute Gasteiger partial charge is 0.124 e. The van der Waals surface area contributed by atoms with Crippen molar-refractivity contribution in [2.45, 2.75) is 6.92 Å². The molecule has 3 rings (SSSR count). The minimum absolute atomic E-state index is 0.173. The number of para-hydroxylation sites is 2. The number of rotatable bonds is 4. The molecule has 0 saturated heterocycles. The molecular formula is C17H14NO3S2-. The lowest BCUT2D eigenvalue weighted by atomic mass is 10.1. The van der Waals surface area contributed by atoms with Crippen molar-refractivity contribution in [3.63, 3.8) is 0 Å². The van der Waals surface area contributed by atoms with Crippen molar-refractivity contribution >= 4 is 34.0 Å². The van der Waals surface area contributed by atoms with Gasteiger partial charge in [0, 0.05) is 15.8 Å². The van der Waals surface area contributed by atoms with Crippen LogP contribution in [0.3, 0.4) is 0 Å². The number of anilines is 2. The maximum absolute atomic E-state index is 11.7. The highest BCUT2D eigenvalue weighted by molar-refractivity contribution is 7.81. The van der Waals surface area contributed by atoms with E-state index < -0.39 is 11.3 Å². The standard InChI is InChI=1S/C17H15NO3S2/c1-12-6-2-4-8-15(12)18(23(20)21)13-10-17(22-11-13)14-7-3-5-9-16(14)19/h2-11,19H,1H3,(H,20,21)/p-1. The van der Waals surface area contributed by atoms with Crippen molar-refractivity contribution < 1.29 is 13.9 Å². The Bertz CT molecular complexity index is 860. The number of hydrogen-bond acceptors (Lipinski definition) is 4. The molecule has 0 bridgehead atoms. The third-order valence-electron chi connectivity index (χ3n) is 3.47. The van der Waals surface area contributed by atoms with Crippen LogP contribution in [-0.4, -0.2) is 13.9 Å². The Morgan fingerprint density at radius 1 is 1.13 bits per heavy atom. The van der Waals surface area contributed by atoms with E-state index in [-0.39, 0.29) is 5.75 Å². The highest BCUT2D eigenvalue weighted by Gasteiger charge is 2.15. The van der Waals surface area contributed by atoms with Crippen LogP contribution in [0.2, 0.25) is 0 Å². The quantitative estimate of drug-likeness (QED) is 0.715. The van der Waals surface area contributed by atoms with Gasteiger partial charge in [0.05, 0.1) is 22.6 Å². The summed E-state index contributed by atoms with van der Waals surface area (Å²) >= 11 is -1.05. The highest BCUT2D eigenvalue weighted by Crippen LogP contribution is 2.39. The van der Waals surface area contributed by atoms with Gasteiger partial charge < -0.3 is 9.66 Å². The van der Waals surface area contributed by atoms with Crippen LogP contribution < -0.4 is 4.31 Å². The average molecular weight is 344 g/mol. The first-order valence-corrected chi connectivity index (χ1v) is 8.81. The molecule has 0 aliphatic heterocycles. The average Bonchev–Trinajstić information content (AvgIpc) is 2.99. The van der Waals surface area contributed by atoms with Crippen molar-refractivity contribution in [3.8, 4) is 16.2 Å². The minimum Gasteiger partial charge on any atom is -0.755 e. The van der Waals surface area contributed by atoms with E-state index in [1.807, 2.05) is 25.1 Å². The fourth-order valence-electron chi connectivity index (χ4n) is 2.35. The van der Waals surface area contributed by atoms with Gasteiger partial charge in [-0.3, -0.25) is 8.51 Å². The molecule has 0 radical (unpaired) electrons. The van der Waals surface area contributed by atoms with Gasteiger partial charge in [-0.2, -0.15) is 0 Å². The molecule has 0 amide bonds. The van der Waals surface area contributed by atoms with Crippen LogP contribution in [0.15, 0.2) is 60.0 Å². The second kappa shape index (κ2) is 6.54. The Hall–Kier alpha value is -2.15. The van der Waals surface area contributed by atoms with E-state index in [1.54, 1.807) is 41.8 Å². The highest BCUT2D eigenvalue weighted by atomic mass is 32.2. The molecule has 0 spiro atoms. The molecule has 4 nitrogen and oxygen atoms in total. The summed E-state index contributed by atoms with van der Waals surface area (Å²) in [6.07, 6.45) is 0. The summed E-state index contributed by atoms with van der Waals surface area (Å²) in [7, 11) is 0. The largest absolute Gasteiger partial charge is 0.755 e. The number of benzene rings is 2. The van der Waals surface area contributed by atoms with Gasteiger partial charge in [0.2, 0.25) is 0 Å². The van der Waals surface area contributed by atoms with Crippen LogP contribution in [0.4, 0.5) is 11.4 Å². The summed E-state index contributed by atoms with van der Waals surface area (Å²) in [5, 5.41) is 11.7. The number of hydrogen-bond donors (Lipinski definition) is 1. The third-order valence-corrected chi connectivity index (χ3v) is 5.13. The van der Waals surface area contributed by atoms with Crippen LogP contribution in [0, 0.1) is 6.92 Å². The molecule has 1 heterocycles. The van der Waals surface area contributed by atoms with Gasteiger partial charge in [-0.05, 0) is 36.8 Å². The fourth-order valence-corrected chi connectivity index (χ4v) is 3.97. The Labute approximate surface area is 141 Å². The van der Waals surface area contributed by atoms with Crippen molar-refractivity contribution in [2.24, 2.45) is 0 Å². The number of thiophene rings is 1. The van der Waals surface area contributed by atoms with E-state index in [2.05, 4.69) is 0 Å². The molecule has 1 unspecified atom stereocenters. The second-order valence-electron chi connectivity index (χ2n) is 4.98. The second-order valence-corrected chi connectivity index (χ2v) is 6.69. The van der Waals surface area contributed by atoms with Crippen molar-refractivity contribution in [1.29, 1.82) is 0 Å². The van der Waals surface area contributed by atoms with Crippen LogP contribution in [0.1, 0.15) is 5.56 Å². The number of aryl methyl sites for hydroxylation is 1. The van der Waals surface area contributed by atoms with Crippen LogP contribution in [0.5, 0.6) is 5.75 Å². The molecule has 2 aromatic carbocycles. The molecular weight excluding hydrogens is 330 g/mol. The third kappa shape index (κ3) is 3.14. The maximum atomic E-state index is 11.7. The van der Waals surface area contributed by atoms with Gasteiger partial charge in [-0.15, -0.1) is 11.3 Å². The molecule has 0 aliphatic carbocycles. The van der Waals surface area contributed by atoms with Crippen molar-refractivity contribution in [1.82, 2.24) is 0 Å². The molecule has 1 aromatic heterocycles. The summed E-state index contributed by atoms with van der Waals surface area (Å²) < 4.78 is 24.8. The number of nitrogens with zero attached hydrogens (tertiary/aromatic N) is 1. The molecule has 0 fully saturated rings. The molecule has 118 valence electrons. The summed E-state index contributed by atoms with van der Waals surface area (Å²) in [6.45, 7) is 1.87. The van der Waals surface area contributed by atoms with Crippen LogP contribution in [-0.2, 0) is 11.3 Å². The first kappa shape index (κ1) is 15.7. The summed E-state index contributed by atoms with van der Waals surface area (Å²) in [6, 6.07) is 16.1. The number of phenols is 1. The van der Waals surface area contributed by atoms with Gasteiger partial charge in [-0.1, -0.05) is 30.3 Å². The Kier molecular flexibility index (Phi) is 4.47. The molecule has 1 N–H and O–H groups in total. The summed E-state index contributed by atoms with van der Waals surface area (Å²) in [5.41, 5.74) is 2.72. The summed E-state index contributed by atoms with van der Waals surface area (Å²) in [4.78, 5) is 0.808. The molecule has 3 aromatic rings. The molecule has 0 aliphatic rings. The van der Waals surface area contributed by atoms with Gasteiger partial charge in [0.25, 0.3) is 0 Å². The molecule has 1 atom stereocenters. The molecule has 6 heteroatoms. The van der Waals surface area contributed by atoms with Gasteiger partial charge in [-0.25, -0.2) is 0 Å². The van der Waals surface area contributed by atoms with Crippen LogP contribution >= 0.6 is 11.3 Å². The number of phenolic OH excluding ortho intramolecular Hbond substituents is 1. The van der Waals surface area contributed by atoms with Crippen molar-refractivity contribution in [2.75, 3.05) is 4.31 Å². The van der Waals surface area contributed by atoms with Crippen LogP contribution in [0.25, 0.3) is 10.4 Å². The topological polar surface area (TPSA) is 63.6 Å². The predicted molar refractivity (Wildman–Crippen MR) is 93.7 cm³/mol. The SMILES string of the molecule is Cc1ccccc1N(c1csc(-c2ccccc2O)c1)S(=O)[O-]. The van der Waals surface area contributed by atoms with Gasteiger partial charge in [0.15, 0.2) is 0 Å². The van der Waals surface area contributed by atoms with Crippen molar-refractivity contribution in [3.05, 3.63) is 65.5 Å². The Morgan fingerprint density at radius 3 is 2.52 bits per heavy atom. The van der Waals surface area contributed by atoms with E-state index in [4.69, 9.17) is 0 Å². The lowest BCUT2D eigenvalue weighted by molar-refractivity contribution is 0.477. The Balaban J connectivity index is 2.05. The van der Waals surface area contributed by atoms with E-state index >= 15 is 0 Å². The monoisotopic (exact) mass is 344 g/mol. The summed E-state index contributed by atoms with van der Waals surface area (Å²) in [5.74, 6) is 0.173. The minimum atomic E-state index is -2.44. The zero-order valence-electron chi connectivity index (χ0n) is 12.3. The normalized spacial score (nSPS) is 12.1. The first-order valence-electron chi connectivity index (χ1n) is 6.90. The zero-order valence-corrected chi connectivity index (χ0v) is 13.9. The van der Waals surface area contributed by atoms with E-state index in [1.165, 1.54) is 15.6 Å². The lowest BCUT2D eigenvalue weighted by Gasteiger charge is -2.26. The first-order chi connectivity index (χ1) is 11.1. The Morgan fingerprint density at radius 2 is 1.83 bits per heavy atom. The van der Waals surface area contributed by atoms with E-state index in [0.29, 0.717) is 16.9 Å². The van der Waals surface area contributed by atoms with Gasteiger partial charge in [0.1, 0.15) is 5.75 Å². The van der Waals surface area contributed by atoms with E-state index in [9.17, 15) is 13.9 Å². The van der Waals surface area contributed by atoms with Gasteiger partial charge >= 0.3 is 0 Å². The fraction of sp³-hybridized carbons (Fsp3) is 0.0588. The van der Waals surface area contributed by atoms with E-state index in [0.717, 1.165) is 10.4 Å². The maximum Gasteiger partial charge on any atom is 0.124 e. The molecule has 23 heavy (non-hydrogen) atoms. The predicted octanol–water partition coefficient (Wildman–Crippen LogP) is 4.36. The molecule has 0 saturated carbocycles. The number of aromatic hydroxyl groups is 1.